The number of methoxy groups -OCH3 is 1. The van der Waals surface area contributed by atoms with Crippen molar-refractivity contribution in [2.45, 2.75) is 25.5 Å². The Bertz CT molecular complexity index is 942. The molecule has 1 saturated heterocycles. The van der Waals surface area contributed by atoms with Gasteiger partial charge < -0.3 is 19.4 Å². The van der Waals surface area contributed by atoms with E-state index in [0.717, 1.165) is 44.8 Å². The highest BCUT2D eigenvalue weighted by Gasteiger charge is 2.20. The highest BCUT2D eigenvalue weighted by molar-refractivity contribution is 9.11. The molecule has 142 valence electrons. The van der Waals surface area contributed by atoms with Gasteiger partial charge in [-0.1, -0.05) is 12.1 Å². The van der Waals surface area contributed by atoms with Crippen LogP contribution in [0.1, 0.15) is 28.9 Å². The van der Waals surface area contributed by atoms with Crippen LogP contribution < -0.4 is 10.1 Å². The predicted octanol–water partition coefficient (Wildman–Crippen LogP) is 4.43. The molecule has 0 saturated carbocycles. The highest BCUT2D eigenvalue weighted by atomic mass is 79.9. The molecule has 1 aliphatic heterocycles. The average Bonchev–Trinajstić information content (AvgIpc) is 3.38. The Balaban J connectivity index is 1.60. The molecule has 1 aromatic carbocycles. The van der Waals surface area contributed by atoms with Crippen LogP contribution in [0.15, 0.2) is 40.2 Å². The third kappa shape index (κ3) is 4.05. The predicted molar refractivity (Wildman–Crippen MR) is 111 cm³/mol. The number of fused-ring (bicyclic) bond motifs is 1. The van der Waals surface area contributed by atoms with E-state index in [9.17, 15) is 4.79 Å². The molecule has 0 radical (unpaired) electrons. The number of nitrogens with one attached hydrogen (secondary N) is 1. The van der Waals surface area contributed by atoms with Gasteiger partial charge in [-0.3, -0.25) is 4.79 Å². The summed E-state index contributed by atoms with van der Waals surface area (Å²) >= 11 is 5.19. The van der Waals surface area contributed by atoms with Crippen molar-refractivity contribution in [2.75, 3.05) is 20.3 Å². The van der Waals surface area contributed by atoms with Gasteiger partial charge in [-0.05, 0) is 58.6 Å². The van der Waals surface area contributed by atoms with Crippen molar-refractivity contribution < 1.29 is 14.3 Å². The van der Waals surface area contributed by atoms with E-state index in [1.807, 2.05) is 30.3 Å². The van der Waals surface area contributed by atoms with E-state index >= 15 is 0 Å². The molecular formula is C20H21BrN2O3S. The van der Waals surface area contributed by atoms with Gasteiger partial charge >= 0.3 is 0 Å². The van der Waals surface area contributed by atoms with E-state index in [4.69, 9.17) is 9.47 Å². The Hall–Kier alpha value is -1.83. The maximum absolute atomic E-state index is 12.9. The summed E-state index contributed by atoms with van der Waals surface area (Å²) in [7, 11) is 1.66. The van der Waals surface area contributed by atoms with Crippen LogP contribution in [0.4, 0.5) is 0 Å². The molecule has 0 spiro atoms. The van der Waals surface area contributed by atoms with Crippen molar-refractivity contribution in [1.82, 2.24) is 9.88 Å². The van der Waals surface area contributed by atoms with Gasteiger partial charge in [0.05, 0.1) is 27.2 Å². The molecule has 0 unspecified atom stereocenters. The summed E-state index contributed by atoms with van der Waals surface area (Å²) in [5.74, 6) is 0.766. The van der Waals surface area contributed by atoms with Crippen LogP contribution in [0.25, 0.3) is 10.2 Å². The lowest BCUT2D eigenvalue weighted by molar-refractivity contribution is 0.0851. The van der Waals surface area contributed by atoms with E-state index in [0.29, 0.717) is 18.8 Å². The van der Waals surface area contributed by atoms with Crippen molar-refractivity contribution in [3.63, 3.8) is 0 Å². The molecular weight excluding hydrogens is 428 g/mol. The zero-order valence-corrected chi connectivity index (χ0v) is 17.4. The number of thiophene rings is 1. The summed E-state index contributed by atoms with van der Waals surface area (Å²) in [5.41, 5.74) is 2.85. The average molecular weight is 449 g/mol. The van der Waals surface area contributed by atoms with Crippen molar-refractivity contribution in [1.29, 1.82) is 0 Å². The summed E-state index contributed by atoms with van der Waals surface area (Å²) in [4.78, 5) is 12.9. The van der Waals surface area contributed by atoms with Crippen LogP contribution in [-0.2, 0) is 11.3 Å². The van der Waals surface area contributed by atoms with Crippen molar-refractivity contribution in [3.05, 3.63) is 51.4 Å². The van der Waals surface area contributed by atoms with Crippen molar-refractivity contribution >= 4 is 43.4 Å². The molecule has 1 amide bonds. The SMILES string of the molecule is COc1ccc(Cn2c(C(=O)NC[C@@H]3CCCO3)cc3sc(Br)cc32)cc1. The zero-order valence-electron chi connectivity index (χ0n) is 15.0. The molecule has 4 rings (SSSR count). The lowest BCUT2D eigenvalue weighted by atomic mass is 10.2. The number of halogens is 1. The lowest BCUT2D eigenvalue weighted by Crippen LogP contribution is -2.33. The number of hydrogen-bond acceptors (Lipinski definition) is 4. The Morgan fingerprint density at radius 1 is 1.37 bits per heavy atom. The molecule has 1 fully saturated rings. The molecule has 1 N–H and O–H groups in total. The topological polar surface area (TPSA) is 52.5 Å². The Morgan fingerprint density at radius 3 is 2.89 bits per heavy atom. The summed E-state index contributed by atoms with van der Waals surface area (Å²) in [6.07, 6.45) is 2.21. The summed E-state index contributed by atoms with van der Waals surface area (Å²) in [6.45, 7) is 1.97. The fraction of sp³-hybridized carbons (Fsp3) is 0.350. The summed E-state index contributed by atoms with van der Waals surface area (Å²) in [6, 6.07) is 12.0. The molecule has 0 bridgehead atoms. The third-order valence-corrected chi connectivity index (χ3v) is 6.38. The number of carbonyl (C=O) groups is 1. The third-order valence-electron chi connectivity index (χ3n) is 4.81. The number of carbonyl (C=O) groups excluding carboxylic acids is 1. The molecule has 0 aliphatic carbocycles. The highest BCUT2D eigenvalue weighted by Crippen LogP contribution is 2.33. The Labute approximate surface area is 170 Å². The fourth-order valence-corrected chi connectivity index (χ4v) is 4.95. The first-order chi connectivity index (χ1) is 13.1. The lowest BCUT2D eigenvalue weighted by Gasteiger charge is -2.13. The number of amides is 1. The maximum atomic E-state index is 12.9. The number of aromatic nitrogens is 1. The van der Waals surface area contributed by atoms with Crippen LogP contribution >= 0.6 is 27.3 Å². The number of rotatable bonds is 6. The van der Waals surface area contributed by atoms with Gasteiger partial charge in [0.25, 0.3) is 5.91 Å². The second-order valence-electron chi connectivity index (χ2n) is 6.61. The van der Waals surface area contributed by atoms with Crippen molar-refractivity contribution in [2.24, 2.45) is 0 Å². The Kier molecular flexibility index (Phi) is 5.52. The van der Waals surface area contributed by atoms with Crippen LogP contribution in [0.2, 0.25) is 0 Å². The minimum Gasteiger partial charge on any atom is -0.497 e. The quantitative estimate of drug-likeness (QED) is 0.606. The molecule has 5 nitrogen and oxygen atoms in total. The first-order valence-corrected chi connectivity index (χ1v) is 10.6. The van der Waals surface area contributed by atoms with Gasteiger partial charge in [0.15, 0.2) is 0 Å². The number of nitrogens with zero attached hydrogens (tertiary/aromatic N) is 1. The van der Waals surface area contributed by atoms with Gasteiger partial charge in [0.1, 0.15) is 11.4 Å². The molecule has 3 aromatic rings. The van der Waals surface area contributed by atoms with Gasteiger partial charge in [-0.2, -0.15) is 0 Å². The van der Waals surface area contributed by atoms with Crippen LogP contribution in [0.5, 0.6) is 5.75 Å². The largest absolute Gasteiger partial charge is 0.497 e. The van der Waals surface area contributed by atoms with E-state index in [1.165, 1.54) is 0 Å². The maximum Gasteiger partial charge on any atom is 0.268 e. The molecule has 7 heteroatoms. The second kappa shape index (κ2) is 8.04. The molecule has 1 aliphatic rings. The summed E-state index contributed by atoms with van der Waals surface area (Å²) in [5, 5.41) is 3.04. The first-order valence-electron chi connectivity index (χ1n) is 8.95. The normalized spacial score (nSPS) is 16.7. The Morgan fingerprint density at radius 2 is 2.19 bits per heavy atom. The first kappa shape index (κ1) is 18.5. The molecule has 3 heterocycles. The van der Waals surface area contributed by atoms with E-state index in [2.05, 4.69) is 31.9 Å². The minimum absolute atomic E-state index is 0.0569. The smallest absolute Gasteiger partial charge is 0.268 e. The standard InChI is InChI=1S/C20H21BrN2O3S/c1-25-14-6-4-13(5-7-14)12-23-16-10-19(21)27-18(16)9-17(23)20(24)22-11-15-3-2-8-26-15/h4-7,9-10,15H,2-3,8,11-12H2,1H3,(H,22,24)/t15-/m0/s1. The van der Waals surface area contributed by atoms with Crippen LogP contribution in [0.3, 0.4) is 0 Å². The monoisotopic (exact) mass is 448 g/mol. The number of hydrogen-bond donors (Lipinski definition) is 1. The number of ether oxygens (including phenoxy) is 2. The zero-order chi connectivity index (χ0) is 18.8. The molecule has 2 aromatic heterocycles. The minimum atomic E-state index is -0.0569. The van der Waals surface area contributed by atoms with E-state index in [1.54, 1.807) is 18.4 Å². The molecule has 1 atom stereocenters. The van der Waals surface area contributed by atoms with Gasteiger partial charge in [0.2, 0.25) is 0 Å². The van der Waals surface area contributed by atoms with Gasteiger partial charge in [0, 0.05) is 19.7 Å². The fourth-order valence-electron chi connectivity index (χ4n) is 3.39. The van der Waals surface area contributed by atoms with Gasteiger partial charge in [-0.15, -0.1) is 11.3 Å². The second-order valence-corrected chi connectivity index (χ2v) is 9.07. The van der Waals surface area contributed by atoms with Crippen LogP contribution in [-0.4, -0.2) is 36.8 Å². The van der Waals surface area contributed by atoms with Crippen LogP contribution in [0, 0.1) is 0 Å². The van der Waals surface area contributed by atoms with E-state index < -0.39 is 0 Å². The number of benzene rings is 1. The van der Waals surface area contributed by atoms with Gasteiger partial charge in [-0.25, -0.2) is 0 Å². The molecule has 27 heavy (non-hydrogen) atoms. The van der Waals surface area contributed by atoms with Crippen molar-refractivity contribution in [3.8, 4) is 5.75 Å². The summed E-state index contributed by atoms with van der Waals surface area (Å²) < 4.78 is 15.1. The van der Waals surface area contributed by atoms with E-state index in [-0.39, 0.29) is 12.0 Å².